The maximum absolute atomic E-state index is 12.2. The van der Waals surface area contributed by atoms with E-state index < -0.39 is 0 Å². The van der Waals surface area contributed by atoms with Crippen LogP contribution in [-0.4, -0.2) is 5.78 Å². The predicted molar refractivity (Wildman–Crippen MR) is 64.5 cm³/mol. The van der Waals surface area contributed by atoms with Crippen LogP contribution < -0.4 is 0 Å². The van der Waals surface area contributed by atoms with E-state index in [0.29, 0.717) is 11.7 Å². The third-order valence-electron chi connectivity index (χ3n) is 3.43. The van der Waals surface area contributed by atoms with Gasteiger partial charge < -0.3 is 0 Å². The molecule has 2 atom stereocenters. The molecule has 1 heterocycles. The molecule has 1 aromatic heterocycles. The first-order valence-corrected chi connectivity index (χ1v) is 6.69. The van der Waals surface area contributed by atoms with Crippen LogP contribution in [0.1, 0.15) is 48.5 Å². The summed E-state index contributed by atoms with van der Waals surface area (Å²) in [4.78, 5) is 12.2. The van der Waals surface area contributed by atoms with Crippen LogP contribution in [0.3, 0.4) is 0 Å². The minimum atomic E-state index is 0.294. The molecule has 1 nitrogen and oxygen atoms in total. The first kappa shape index (κ1) is 10.9. The molecule has 0 saturated heterocycles. The summed E-state index contributed by atoms with van der Waals surface area (Å²) in [6.07, 6.45) is 4.71. The van der Waals surface area contributed by atoms with Crippen LogP contribution >= 0.6 is 11.3 Å². The molecule has 1 aliphatic carbocycles. The third kappa shape index (κ3) is 2.31. The van der Waals surface area contributed by atoms with Crippen molar-refractivity contribution in [2.45, 2.75) is 39.5 Å². The summed E-state index contributed by atoms with van der Waals surface area (Å²) in [5.41, 5.74) is 2.13. The van der Waals surface area contributed by atoms with Gasteiger partial charge >= 0.3 is 0 Å². The van der Waals surface area contributed by atoms with Crippen LogP contribution in [0.5, 0.6) is 0 Å². The molecule has 2 unspecified atom stereocenters. The van der Waals surface area contributed by atoms with Crippen LogP contribution in [0.4, 0.5) is 0 Å². The lowest BCUT2D eigenvalue weighted by Crippen LogP contribution is -2.21. The van der Waals surface area contributed by atoms with Gasteiger partial charge in [-0.1, -0.05) is 19.8 Å². The smallest absolute Gasteiger partial charge is 0.167 e. The normalized spacial score (nSPS) is 26.5. The van der Waals surface area contributed by atoms with E-state index in [-0.39, 0.29) is 0 Å². The summed E-state index contributed by atoms with van der Waals surface area (Å²) in [5.74, 6) is 1.41. The molecule has 1 aromatic rings. The number of hydrogen-bond acceptors (Lipinski definition) is 2. The van der Waals surface area contributed by atoms with E-state index in [4.69, 9.17) is 0 Å². The Morgan fingerprint density at radius 3 is 2.80 bits per heavy atom. The van der Waals surface area contributed by atoms with Gasteiger partial charge in [0.05, 0.1) is 0 Å². The second-order valence-corrected chi connectivity index (χ2v) is 5.54. The minimum absolute atomic E-state index is 0.294. The van der Waals surface area contributed by atoms with Gasteiger partial charge in [0.1, 0.15) is 0 Å². The second-order valence-electron chi connectivity index (χ2n) is 4.80. The van der Waals surface area contributed by atoms with Crippen LogP contribution in [-0.2, 0) is 0 Å². The van der Waals surface area contributed by atoms with Crippen LogP contribution in [0, 0.1) is 18.8 Å². The molecular formula is C13H18OS. The molecule has 2 rings (SSSR count). The van der Waals surface area contributed by atoms with E-state index >= 15 is 0 Å². The first-order valence-electron chi connectivity index (χ1n) is 5.75. The zero-order valence-electron chi connectivity index (χ0n) is 9.45. The van der Waals surface area contributed by atoms with Gasteiger partial charge in [0.15, 0.2) is 5.78 Å². The molecule has 1 fully saturated rings. The molecule has 0 aliphatic heterocycles. The summed E-state index contributed by atoms with van der Waals surface area (Å²) in [5, 5.41) is 4.08. The molecule has 1 saturated carbocycles. The summed E-state index contributed by atoms with van der Waals surface area (Å²) in [7, 11) is 0. The maximum Gasteiger partial charge on any atom is 0.167 e. The summed E-state index contributed by atoms with van der Waals surface area (Å²) >= 11 is 1.64. The molecule has 0 N–H and O–H groups in total. The number of rotatable bonds is 2. The summed E-state index contributed by atoms with van der Waals surface area (Å²) in [6.45, 7) is 4.30. The Kier molecular flexibility index (Phi) is 3.25. The number of carbonyl (C=O) groups is 1. The predicted octanol–water partition coefficient (Wildman–Crippen LogP) is 4.07. The highest BCUT2D eigenvalue weighted by molar-refractivity contribution is 7.08. The highest BCUT2D eigenvalue weighted by Crippen LogP contribution is 2.32. The standard InChI is InChI=1S/C13H18OS/c1-9-4-3-5-11(6-9)13(14)12-8-15-7-10(12)2/h7-9,11H,3-6H2,1-2H3. The van der Waals surface area contributed by atoms with Crippen molar-refractivity contribution in [2.75, 3.05) is 0 Å². The van der Waals surface area contributed by atoms with Crippen molar-refractivity contribution in [3.05, 3.63) is 21.9 Å². The fraction of sp³-hybridized carbons (Fsp3) is 0.615. The molecule has 0 aromatic carbocycles. The average molecular weight is 222 g/mol. The SMILES string of the molecule is Cc1cscc1C(=O)C1CCCC(C)C1. The Morgan fingerprint density at radius 1 is 1.40 bits per heavy atom. The lowest BCUT2D eigenvalue weighted by Gasteiger charge is -2.25. The number of ketones is 1. The lowest BCUT2D eigenvalue weighted by molar-refractivity contribution is 0.0868. The van der Waals surface area contributed by atoms with Crippen molar-refractivity contribution in [3.63, 3.8) is 0 Å². The Labute approximate surface area is 95.5 Å². The fourth-order valence-electron chi connectivity index (χ4n) is 2.51. The minimum Gasteiger partial charge on any atom is -0.294 e. The van der Waals surface area contributed by atoms with E-state index in [2.05, 4.69) is 12.3 Å². The van der Waals surface area contributed by atoms with Gasteiger partial charge in [-0.05, 0) is 36.6 Å². The van der Waals surface area contributed by atoms with Crippen molar-refractivity contribution < 1.29 is 4.79 Å². The van der Waals surface area contributed by atoms with Gasteiger partial charge in [-0.2, -0.15) is 11.3 Å². The average Bonchev–Trinajstić information content (AvgIpc) is 2.63. The zero-order valence-corrected chi connectivity index (χ0v) is 10.3. The molecule has 2 heteroatoms. The summed E-state index contributed by atoms with van der Waals surface area (Å²) < 4.78 is 0. The Bertz CT molecular complexity index is 353. The van der Waals surface area contributed by atoms with E-state index in [1.807, 2.05) is 12.3 Å². The van der Waals surface area contributed by atoms with Crippen LogP contribution in [0.15, 0.2) is 10.8 Å². The van der Waals surface area contributed by atoms with Gasteiger partial charge in [-0.25, -0.2) is 0 Å². The van der Waals surface area contributed by atoms with Crippen LogP contribution in [0.25, 0.3) is 0 Å². The Hall–Kier alpha value is -0.630. The lowest BCUT2D eigenvalue weighted by atomic mass is 9.79. The Balaban J connectivity index is 2.11. The van der Waals surface area contributed by atoms with Crippen molar-refractivity contribution in [1.82, 2.24) is 0 Å². The van der Waals surface area contributed by atoms with Gasteiger partial charge in [0, 0.05) is 16.9 Å². The van der Waals surface area contributed by atoms with Gasteiger partial charge in [0.25, 0.3) is 0 Å². The number of hydrogen-bond donors (Lipinski definition) is 0. The Morgan fingerprint density at radius 2 is 2.20 bits per heavy atom. The van der Waals surface area contributed by atoms with Gasteiger partial charge in [-0.3, -0.25) is 4.79 Å². The molecule has 0 bridgehead atoms. The van der Waals surface area contributed by atoms with Crippen molar-refractivity contribution in [2.24, 2.45) is 11.8 Å². The molecule has 0 amide bonds. The maximum atomic E-state index is 12.2. The fourth-order valence-corrected chi connectivity index (χ4v) is 3.34. The largest absolute Gasteiger partial charge is 0.294 e. The third-order valence-corrected chi connectivity index (χ3v) is 4.29. The van der Waals surface area contributed by atoms with Gasteiger partial charge in [0.2, 0.25) is 0 Å². The van der Waals surface area contributed by atoms with Crippen molar-refractivity contribution in [3.8, 4) is 0 Å². The molecular weight excluding hydrogens is 204 g/mol. The molecule has 0 radical (unpaired) electrons. The highest BCUT2D eigenvalue weighted by atomic mass is 32.1. The van der Waals surface area contributed by atoms with E-state index in [1.54, 1.807) is 11.3 Å². The number of thiophene rings is 1. The molecule has 15 heavy (non-hydrogen) atoms. The zero-order chi connectivity index (χ0) is 10.8. The number of Topliss-reactive ketones (excluding diaryl/α,β-unsaturated/α-hetero) is 1. The molecule has 1 aliphatic rings. The number of aryl methyl sites for hydroxylation is 1. The van der Waals surface area contributed by atoms with E-state index in [9.17, 15) is 4.79 Å². The quantitative estimate of drug-likeness (QED) is 0.689. The van der Waals surface area contributed by atoms with E-state index in [0.717, 1.165) is 29.9 Å². The monoisotopic (exact) mass is 222 g/mol. The topological polar surface area (TPSA) is 17.1 Å². The first-order chi connectivity index (χ1) is 7.18. The highest BCUT2D eigenvalue weighted by Gasteiger charge is 2.26. The van der Waals surface area contributed by atoms with E-state index in [1.165, 1.54) is 12.8 Å². The second kappa shape index (κ2) is 4.48. The summed E-state index contributed by atoms with van der Waals surface area (Å²) in [6, 6.07) is 0. The van der Waals surface area contributed by atoms with Crippen molar-refractivity contribution in [1.29, 1.82) is 0 Å². The molecule has 0 spiro atoms. The van der Waals surface area contributed by atoms with Gasteiger partial charge in [-0.15, -0.1) is 0 Å². The van der Waals surface area contributed by atoms with Crippen LogP contribution in [0.2, 0.25) is 0 Å². The number of carbonyl (C=O) groups excluding carboxylic acids is 1. The molecule has 82 valence electrons. The van der Waals surface area contributed by atoms with Crippen molar-refractivity contribution >= 4 is 17.1 Å².